The summed E-state index contributed by atoms with van der Waals surface area (Å²) in [7, 11) is 0. The van der Waals surface area contributed by atoms with Crippen LogP contribution in [0.3, 0.4) is 0 Å². The number of allylic oxidation sites excluding steroid dienone is 5. The molecule has 84 valence electrons. The molecule has 1 aromatic heterocycles. The Hall–Kier alpha value is -1.61. The second-order valence-electron chi connectivity index (χ2n) is 3.38. The SMILES string of the molecule is C=C/C=C(\C=C(/C)O)C(=O)c1ccc(C)s1. The second-order valence-corrected chi connectivity index (χ2v) is 4.67. The highest BCUT2D eigenvalue weighted by molar-refractivity contribution is 7.14. The average Bonchev–Trinajstić information content (AvgIpc) is 2.62. The van der Waals surface area contributed by atoms with Crippen LogP contribution < -0.4 is 0 Å². The molecule has 1 N–H and O–H groups in total. The Morgan fingerprint density at radius 1 is 1.50 bits per heavy atom. The predicted molar refractivity (Wildman–Crippen MR) is 68.1 cm³/mol. The van der Waals surface area contributed by atoms with Gasteiger partial charge in [-0.2, -0.15) is 0 Å². The van der Waals surface area contributed by atoms with Crippen LogP contribution in [0.15, 0.2) is 48.3 Å². The quantitative estimate of drug-likeness (QED) is 0.372. The van der Waals surface area contributed by atoms with Crippen molar-refractivity contribution >= 4 is 17.1 Å². The van der Waals surface area contributed by atoms with Crippen molar-refractivity contribution < 1.29 is 9.90 Å². The second kappa shape index (κ2) is 5.47. The lowest BCUT2D eigenvalue weighted by molar-refractivity contribution is 0.104. The van der Waals surface area contributed by atoms with Gasteiger partial charge in [0.25, 0.3) is 0 Å². The van der Waals surface area contributed by atoms with E-state index in [1.54, 1.807) is 12.1 Å². The number of hydrogen-bond donors (Lipinski definition) is 1. The van der Waals surface area contributed by atoms with Crippen LogP contribution in [-0.2, 0) is 0 Å². The summed E-state index contributed by atoms with van der Waals surface area (Å²) in [6.07, 6.45) is 4.57. The van der Waals surface area contributed by atoms with Crippen LogP contribution in [0.4, 0.5) is 0 Å². The van der Waals surface area contributed by atoms with Crippen LogP contribution >= 0.6 is 11.3 Å². The lowest BCUT2D eigenvalue weighted by Crippen LogP contribution is -1.99. The lowest BCUT2D eigenvalue weighted by atomic mass is 10.1. The fourth-order valence-corrected chi connectivity index (χ4v) is 2.07. The number of ketones is 1. The fourth-order valence-electron chi connectivity index (χ4n) is 1.24. The summed E-state index contributed by atoms with van der Waals surface area (Å²) in [6, 6.07) is 3.69. The zero-order valence-electron chi connectivity index (χ0n) is 9.36. The monoisotopic (exact) mass is 234 g/mol. The molecule has 1 aromatic rings. The molecule has 0 spiro atoms. The predicted octanol–water partition coefficient (Wildman–Crippen LogP) is 3.81. The van der Waals surface area contributed by atoms with Crippen molar-refractivity contribution in [3.8, 4) is 0 Å². The van der Waals surface area contributed by atoms with E-state index < -0.39 is 0 Å². The molecular weight excluding hydrogens is 220 g/mol. The number of carbonyl (C=O) groups excluding carboxylic acids is 1. The van der Waals surface area contributed by atoms with Crippen LogP contribution in [-0.4, -0.2) is 10.9 Å². The van der Waals surface area contributed by atoms with Crippen molar-refractivity contribution in [3.05, 3.63) is 58.0 Å². The van der Waals surface area contributed by atoms with Gasteiger partial charge in [-0.25, -0.2) is 0 Å². The van der Waals surface area contributed by atoms with Gasteiger partial charge in [0.15, 0.2) is 0 Å². The number of hydrogen-bond acceptors (Lipinski definition) is 3. The average molecular weight is 234 g/mol. The van der Waals surface area contributed by atoms with Crippen LogP contribution in [0, 0.1) is 6.92 Å². The highest BCUT2D eigenvalue weighted by atomic mass is 32.1. The molecule has 0 unspecified atom stereocenters. The minimum atomic E-state index is -0.0913. The van der Waals surface area contributed by atoms with E-state index in [0.717, 1.165) is 4.88 Å². The molecule has 3 heteroatoms. The van der Waals surface area contributed by atoms with E-state index in [1.807, 2.05) is 13.0 Å². The minimum absolute atomic E-state index is 0.0913. The molecule has 0 bridgehead atoms. The van der Waals surface area contributed by atoms with Crippen LogP contribution in [0.25, 0.3) is 0 Å². The minimum Gasteiger partial charge on any atom is -0.513 e. The number of aryl methyl sites for hydroxylation is 1. The van der Waals surface area contributed by atoms with Gasteiger partial charge in [0.1, 0.15) is 0 Å². The standard InChI is InChI=1S/C13H14O2S/c1-4-5-11(8-9(2)14)13(15)12-7-6-10(3)16-12/h4-8,14H,1H2,2-3H3/b9-8+,11-5+. The van der Waals surface area contributed by atoms with E-state index in [-0.39, 0.29) is 11.5 Å². The summed E-state index contributed by atoms with van der Waals surface area (Å²) in [5.74, 6) is 0.0149. The third kappa shape index (κ3) is 3.21. The lowest BCUT2D eigenvalue weighted by Gasteiger charge is -1.98. The molecule has 0 amide bonds. The third-order valence-electron chi connectivity index (χ3n) is 1.89. The molecule has 2 nitrogen and oxygen atoms in total. The molecule has 0 aliphatic carbocycles. The van der Waals surface area contributed by atoms with Gasteiger partial charge in [-0.3, -0.25) is 4.79 Å². The van der Waals surface area contributed by atoms with Gasteiger partial charge in [-0.1, -0.05) is 18.7 Å². The van der Waals surface area contributed by atoms with Crippen LogP contribution in [0.1, 0.15) is 21.5 Å². The number of aliphatic hydroxyl groups is 1. The highest BCUT2D eigenvalue weighted by Gasteiger charge is 2.11. The van der Waals surface area contributed by atoms with E-state index in [0.29, 0.717) is 10.5 Å². The first kappa shape index (κ1) is 12.5. The maximum atomic E-state index is 12.0. The molecule has 0 saturated heterocycles. The zero-order valence-corrected chi connectivity index (χ0v) is 10.2. The van der Waals surface area contributed by atoms with Gasteiger partial charge in [0.2, 0.25) is 5.78 Å². The molecule has 0 aliphatic rings. The van der Waals surface area contributed by atoms with Crippen molar-refractivity contribution in [2.24, 2.45) is 0 Å². The smallest absolute Gasteiger partial charge is 0.203 e. The fraction of sp³-hybridized carbons (Fsp3) is 0.154. The Balaban J connectivity index is 3.06. The Morgan fingerprint density at radius 3 is 2.62 bits per heavy atom. The summed E-state index contributed by atoms with van der Waals surface area (Å²) >= 11 is 1.44. The van der Waals surface area contributed by atoms with Gasteiger partial charge in [-0.05, 0) is 32.1 Å². The van der Waals surface area contributed by atoms with E-state index >= 15 is 0 Å². The summed E-state index contributed by atoms with van der Waals surface area (Å²) in [4.78, 5) is 13.8. The molecule has 0 aromatic carbocycles. The highest BCUT2D eigenvalue weighted by Crippen LogP contribution is 2.19. The molecular formula is C13H14O2S. The van der Waals surface area contributed by atoms with Crippen molar-refractivity contribution in [3.63, 3.8) is 0 Å². The van der Waals surface area contributed by atoms with Gasteiger partial charge >= 0.3 is 0 Å². The van der Waals surface area contributed by atoms with Gasteiger partial charge < -0.3 is 5.11 Å². The maximum Gasteiger partial charge on any atom is 0.203 e. The number of carbonyl (C=O) groups is 1. The molecule has 1 heterocycles. The van der Waals surface area contributed by atoms with Crippen LogP contribution in [0.5, 0.6) is 0 Å². The molecule has 16 heavy (non-hydrogen) atoms. The van der Waals surface area contributed by atoms with Crippen molar-refractivity contribution in [2.75, 3.05) is 0 Å². The number of thiophene rings is 1. The maximum absolute atomic E-state index is 12.0. The zero-order chi connectivity index (χ0) is 12.1. The number of aliphatic hydroxyl groups excluding tert-OH is 1. The first-order valence-electron chi connectivity index (χ1n) is 4.85. The van der Waals surface area contributed by atoms with E-state index in [1.165, 1.54) is 30.4 Å². The van der Waals surface area contributed by atoms with Crippen molar-refractivity contribution in [1.82, 2.24) is 0 Å². The van der Waals surface area contributed by atoms with Crippen molar-refractivity contribution in [2.45, 2.75) is 13.8 Å². The number of rotatable bonds is 4. The van der Waals surface area contributed by atoms with Gasteiger partial charge in [0.05, 0.1) is 10.6 Å². The molecule has 0 aliphatic heterocycles. The Bertz CT molecular complexity index is 460. The normalized spacial score (nSPS) is 12.6. The third-order valence-corrected chi connectivity index (χ3v) is 2.89. The Kier molecular flexibility index (Phi) is 4.26. The first-order chi connectivity index (χ1) is 7.54. The summed E-state index contributed by atoms with van der Waals surface area (Å²) in [5, 5.41) is 9.19. The Labute approximate surface area is 99.2 Å². The van der Waals surface area contributed by atoms with Crippen molar-refractivity contribution in [1.29, 1.82) is 0 Å². The van der Waals surface area contributed by atoms with Gasteiger partial charge in [0, 0.05) is 10.5 Å². The van der Waals surface area contributed by atoms with Crippen LogP contribution in [0.2, 0.25) is 0 Å². The van der Waals surface area contributed by atoms with E-state index in [2.05, 4.69) is 6.58 Å². The summed E-state index contributed by atoms with van der Waals surface area (Å²) < 4.78 is 0. The summed E-state index contributed by atoms with van der Waals surface area (Å²) in [6.45, 7) is 7.03. The number of Topliss-reactive ketones (excluding diaryl/α,β-unsaturated/α-hetero) is 1. The van der Waals surface area contributed by atoms with E-state index in [4.69, 9.17) is 0 Å². The molecule has 0 fully saturated rings. The summed E-state index contributed by atoms with van der Waals surface area (Å²) in [5.41, 5.74) is 0.442. The first-order valence-corrected chi connectivity index (χ1v) is 5.67. The molecule has 1 rings (SSSR count). The topological polar surface area (TPSA) is 37.3 Å². The molecule has 0 radical (unpaired) electrons. The Morgan fingerprint density at radius 2 is 2.19 bits per heavy atom. The molecule has 0 atom stereocenters. The van der Waals surface area contributed by atoms with E-state index in [9.17, 15) is 9.90 Å². The largest absolute Gasteiger partial charge is 0.513 e. The molecule has 0 saturated carbocycles. The van der Waals surface area contributed by atoms with Gasteiger partial charge in [-0.15, -0.1) is 11.3 Å².